The van der Waals surface area contributed by atoms with Gasteiger partial charge in [-0.15, -0.1) is 0 Å². The van der Waals surface area contributed by atoms with E-state index < -0.39 is 0 Å². The Morgan fingerprint density at radius 1 is 0.591 bits per heavy atom. The lowest BCUT2D eigenvalue weighted by Gasteiger charge is -2.20. The van der Waals surface area contributed by atoms with Gasteiger partial charge in [0.05, 0.1) is 13.1 Å². The van der Waals surface area contributed by atoms with Crippen LogP contribution in [0.15, 0.2) is 12.1 Å². The van der Waals surface area contributed by atoms with Gasteiger partial charge in [-0.1, -0.05) is 12.1 Å². The predicted molar refractivity (Wildman–Crippen MR) is 92.8 cm³/mol. The van der Waals surface area contributed by atoms with Crippen molar-refractivity contribution < 1.29 is 0 Å². The molecule has 0 aliphatic rings. The van der Waals surface area contributed by atoms with Crippen molar-refractivity contribution in [2.24, 2.45) is 0 Å². The van der Waals surface area contributed by atoms with Gasteiger partial charge in [-0.25, -0.2) is 9.69 Å². The summed E-state index contributed by atoms with van der Waals surface area (Å²) in [4.78, 5) is 7.41. The molecule has 110 valence electrons. The first kappa shape index (κ1) is 15.8. The third-order valence-electron chi connectivity index (χ3n) is 4.34. The summed E-state index contributed by atoms with van der Waals surface area (Å²) in [6.07, 6.45) is 0. The van der Waals surface area contributed by atoms with Crippen LogP contribution in [0.25, 0.3) is 20.8 Å². The van der Waals surface area contributed by atoms with Gasteiger partial charge in [0.15, 0.2) is 11.4 Å². The van der Waals surface area contributed by atoms with E-state index in [0.29, 0.717) is 0 Å². The maximum absolute atomic E-state index is 7.45. The molecule has 0 aliphatic carbocycles. The topological polar surface area (TPSA) is 8.72 Å². The van der Waals surface area contributed by atoms with Gasteiger partial charge in [-0.05, 0) is 86.1 Å². The number of hydrogen-bond donors (Lipinski definition) is 0. The number of nitrogens with zero attached hydrogens (tertiary/aromatic N) is 2. The molecule has 2 aromatic rings. The molecule has 0 aliphatic heterocycles. The molecular weight excluding hydrogens is 268 g/mol. The van der Waals surface area contributed by atoms with Gasteiger partial charge in [0.25, 0.3) is 0 Å². The Morgan fingerprint density at radius 3 is 1.18 bits per heavy atom. The standard InChI is InChI=1S/C20H20N2/c1-11-9-13(3)19(21-7)15(5)17(11)18-12(2)10-14(4)20(22-8)16(18)6/h9-10H,1-6H3. The highest BCUT2D eigenvalue weighted by molar-refractivity contribution is 5.86. The maximum atomic E-state index is 7.45. The lowest BCUT2D eigenvalue weighted by Crippen LogP contribution is -1.97. The molecule has 2 rings (SSSR count). The van der Waals surface area contributed by atoms with Gasteiger partial charge >= 0.3 is 0 Å². The lowest BCUT2D eigenvalue weighted by molar-refractivity contribution is 1.28. The number of benzene rings is 2. The van der Waals surface area contributed by atoms with Crippen molar-refractivity contribution in [2.75, 3.05) is 0 Å². The molecule has 0 saturated heterocycles. The lowest BCUT2D eigenvalue weighted by atomic mass is 9.86. The van der Waals surface area contributed by atoms with E-state index in [1.165, 1.54) is 0 Å². The van der Waals surface area contributed by atoms with Crippen LogP contribution in [-0.4, -0.2) is 0 Å². The molecule has 22 heavy (non-hydrogen) atoms. The first-order chi connectivity index (χ1) is 10.3. The molecule has 0 fully saturated rings. The highest BCUT2D eigenvalue weighted by atomic mass is 14.7. The fourth-order valence-corrected chi connectivity index (χ4v) is 3.46. The SMILES string of the molecule is [C-]#[N+]c1c(C)cc(C)c(-c2c(C)cc(C)c([N+]#[C-])c2C)c1C. The number of aryl methyl sites for hydroxylation is 4. The van der Waals surface area contributed by atoms with E-state index in [4.69, 9.17) is 13.1 Å². The van der Waals surface area contributed by atoms with E-state index in [2.05, 4.69) is 35.7 Å². The summed E-state index contributed by atoms with van der Waals surface area (Å²) >= 11 is 0. The van der Waals surface area contributed by atoms with Crippen LogP contribution in [-0.2, 0) is 0 Å². The van der Waals surface area contributed by atoms with Crippen molar-refractivity contribution in [3.8, 4) is 11.1 Å². The van der Waals surface area contributed by atoms with Crippen LogP contribution in [0.5, 0.6) is 0 Å². The van der Waals surface area contributed by atoms with Crippen LogP contribution in [0, 0.1) is 54.7 Å². The molecule has 0 amide bonds. The fourth-order valence-electron chi connectivity index (χ4n) is 3.46. The minimum atomic E-state index is 0.726. The number of hydrogen-bond acceptors (Lipinski definition) is 0. The molecule has 0 bridgehead atoms. The molecule has 0 saturated carbocycles. The molecule has 0 unspecified atom stereocenters. The average Bonchev–Trinajstić information content (AvgIpc) is 2.42. The first-order valence-corrected chi connectivity index (χ1v) is 7.30. The summed E-state index contributed by atoms with van der Waals surface area (Å²) in [5.74, 6) is 0. The second-order valence-corrected chi connectivity index (χ2v) is 5.94. The molecule has 0 heterocycles. The van der Waals surface area contributed by atoms with Gasteiger partial charge in [-0.3, -0.25) is 0 Å². The van der Waals surface area contributed by atoms with Gasteiger partial charge in [-0.2, -0.15) is 0 Å². The third-order valence-corrected chi connectivity index (χ3v) is 4.34. The molecular formula is C20H20N2. The Balaban J connectivity index is 2.97. The van der Waals surface area contributed by atoms with E-state index in [1.807, 2.05) is 27.7 Å². The van der Waals surface area contributed by atoms with Gasteiger partial charge in [0.2, 0.25) is 0 Å². The molecule has 2 aromatic carbocycles. The second-order valence-electron chi connectivity index (χ2n) is 5.94. The Morgan fingerprint density at radius 2 is 0.909 bits per heavy atom. The molecule has 0 radical (unpaired) electrons. The van der Waals surface area contributed by atoms with E-state index in [-0.39, 0.29) is 0 Å². The van der Waals surface area contributed by atoms with Crippen molar-refractivity contribution in [1.29, 1.82) is 0 Å². The molecule has 0 aromatic heterocycles. The summed E-state index contributed by atoms with van der Waals surface area (Å²) in [6.45, 7) is 27.1. The van der Waals surface area contributed by atoms with Gasteiger partial charge in [0.1, 0.15) is 0 Å². The molecule has 0 N–H and O–H groups in total. The van der Waals surface area contributed by atoms with Gasteiger partial charge in [0, 0.05) is 0 Å². The van der Waals surface area contributed by atoms with E-state index in [1.54, 1.807) is 0 Å². The van der Waals surface area contributed by atoms with Crippen LogP contribution in [0.2, 0.25) is 0 Å². The van der Waals surface area contributed by atoms with Gasteiger partial charge < -0.3 is 0 Å². The summed E-state index contributed by atoms with van der Waals surface area (Å²) in [5, 5.41) is 0. The monoisotopic (exact) mass is 288 g/mol. The van der Waals surface area contributed by atoms with E-state index in [9.17, 15) is 0 Å². The molecule has 2 nitrogen and oxygen atoms in total. The second kappa shape index (κ2) is 5.66. The zero-order valence-corrected chi connectivity index (χ0v) is 14.0. The Bertz CT molecular complexity index is 786. The fraction of sp³-hybridized carbons (Fsp3) is 0.300. The quantitative estimate of drug-likeness (QED) is 0.544. The van der Waals surface area contributed by atoms with E-state index in [0.717, 1.165) is 55.9 Å². The third kappa shape index (κ3) is 2.28. The Hall–Kier alpha value is -2.58. The molecule has 2 heteroatoms. The Labute approximate surface area is 133 Å². The zero-order valence-electron chi connectivity index (χ0n) is 14.0. The largest absolute Gasteiger partial charge is 0.238 e. The minimum absolute atomic E-state index is 0.726. The maximum Gasteiger partial charge on any atom is 0.193 e. The highest BCUT2D eigenvalue weighted by Crippen LogP contribution is 2.42. The van der Waals surface area contributed by atoms with Crippen molar-refractivity contribution in [3.63, 3.8) is 0 Å². The summed E-state index contributed by atoms with van der Waals surface area (Å²) in [7, 11) is 0. The molecule has 0 atom stereocenters. The predicted octanol–water partition coefficient (Wildman–Crippen LogP) is 6.31. The summed E-state index contributed by atoms with van der Waals surface area (Å²) in [5.41, 5.74) is 10.0. The Kier molecular flexibility index (Phi) is 4.07. The van der Waals surface area contributed by atoms with Crippen LogP contribution < -0.4 is 0 Å². The summed E-state index contributed by atoms with van der Waals surface area (Å²) in [6, 6.07) is 4.15. The van der Waals surface area contributed by atoms with Crippen LogP contribution >= 0.6 is 0 Å². The van der Waals surface area contributed by atoms with Crippen molar-refractivity contribution in [3.05, 3.63) is 68.3 Å². The first-order valence-electron chi connectivity index (χ1n) is 7.30. The van der Waals surface area contributed by atoms with Crippen molar-refractivity contribution in [2.45, 2.75) is 41.5 Å². The number of rotatable bonds is 1. The van der Waals surface area contributed by atoms with Crippen molar-refractivity contribution in [1.82, 2.24) is 0 Å². The van der Waals surface area contributed by atoms with Crippen molar-refractivity contribution >= 4 is 11.4 Å². The zero-order chi connectivity index (χ0) is 16.6. The molecule has 0 spiro atoms. The summed E-state index contributed by atoms with van der Waals surface area (Å²) < 4.78 is 0. The average molecular weight is 288 g/mol. The van der Waals surface area contributed by atoms with E-state index >= 15 is 0 Å². The minimum Gasteiger partial charge on any atom is -0.238 e. The van der Waals surface area contributed by atoms with Crippen LogP contribution in [0.4, 0.5) is 11.4 Å². The smallest absolute Gasteiger partial charge is 0.193 e. The highest BCUT2D eigenvalue weighted by Gasteiger charge is 2.18. The van der Waals surface area contributed by atoms with Crippen LogP contribution in [0.3, 0.4) is 0 Å². The normalized spacial score (nSPS) is 10.2. The van der Waals surface area contributed by atoms with Crippen LogP contribution in [0.1, 0.15) is 33.4 Å².